The van der Waals surface area contributed by atoms with Gasteiger partial charge in [-0.2, -0.15) is 0 Å². The van der Waals surface area contributed by atoms with Crippen LogP contribution in [0.5, 0.6) is 0 Å². The number of hydrogen-bond donors (Lipinski definition) is 3. The molecular weight excluding hydrogens is 620 g/mol. The molecule has 256 valence electrons. The summed E-state index contributed by atoms with van der Waals surface area (Å²) in [5.41, 5.74) is 1.50. The van der Waals surface area contributed by atoms with Crippen molar-refractivity contribution in [2.24, 2.45) is 11.8 Å². The second-order valence-corrected chi connectivity index (χ2v) is 12.0. The van der Waals surface area contributed by atoms with Gasteiger partial charge >= 0.3 is 12.1 Å². The van der Waals surface area contributed by atoms with E-state index in [0.29, 0.717) is 25.0 Å². The van der Waals surface area contributed by atoms with Gasteiger partial charge in [-0.1, -0.05) is 55.9 Å². The molecule has 2 aromatic rings. The van der Waals surface area contributed by atoms with E-state index in [1.54, 1.807) is 38.2 Å². The summed E-state index contributed by atoms with van der Waals surface area (Å²) in [6, 6.07) is -0.874. The molecule has 2 aliphatic heterocycles. The summed E-state index contributed by atoms with van der Waals surface area (Å²) in [7, 11) is 0. The van der Waals surface area contributed by atoms with E-state index in [2.05, 4.69) is 32.2 Å². The Labute approximate surface area is 279 Å². The highest BCUT2D eigenvalue weighted by Crippen LogP contribution is 2.26. The molecule has 0 unspecified atom stereocenters. The highest BCUT2D eigenvalue weighted by molar-refractivity contribution is 5.95. The number of rotatable bonds is 4. The number of fused-ring (bicyclic) bond motifs is 3. The van der Waals surface area contributed by atoms with Gasteiger partial charge in [0, 0.05) is 43.7 Å². The fourth-order valence-corrected chi connectivity index (χ4v) is 5.46. The Bertz CT molecular complexity index is 1550. The van der Waals surface area contributed by atoms with E-state index in [1.165, 1.54) is 35.8 Å². The van der Waals surface area contributed by atoms with E-state index < -0.39 is 48.1 Å². The Balaban J connectivity index is 1.54. The van der Waals surface area contributed by atoms with Crippen molar-refractivity contribution < 1.29 is 38.2 Å². The average Bonchev–Trinajstić information content (AvgIpc) is 3.73. The van der Waals surface area contributed by atoms with Crippen molar-refractivity contribution >= 4 is 29.7 Å². The minimum absolute atomic E-state index is 0.0482. The molecule has 0 aliphatic carbocycles. The van der Waals surface area contributed by atoms with E-state index in [1.807, 2.05) is 6.92 Å². The van der Waals surface area contributed by atoms with Gasteiger partial charge in [0.15, 0.2) is 17.4 Å². The van der Waals surface area contributed by atoms with E-state index in [0.717, 1.165) is 5.57 Å². The molecule has 4 heterocycles. The van der Waals surface area contributed by atoms with E-state index >= 15 is 0 Å². The molecule has 0 spiro atoms. The number of cyclic esters (lactones) is 1. The molecule has 3 N–H and O–H groups in total. The van der Waals surface area contributed by atoms with Gasteiger partial charge < -0.3 is 29.2 Å². The number of aliphatic hydroxyl groups is 1. The van der Waals surface area contributed by atoms with E-state index in [9.17, 15) is 24.3 Å². The molecule has 4 rings (SSSR count). The van der Waals surface area contributed by atoms with Crippen LogP contribution < -0.4 is 10.6 Å². The molecule has 1 fully saturated rings. The fourth-order valence-electron chi connectivity index (χ4n) is 5.46. The number of carbonyl (C=O) groups is 4. The second-order valence-electron chi connectivity index (χ2n) is 12.0. The summed E-state index contributed by atoms with van der Waals surface area (Å²) >= 11 is 0. The summed E-state index contributed by atoms with van der Waals surface area (Å²) in [4.78, 5) is 65.8. The van der Waals surface area contributed by atoms with Crippen molar-refractivity contribution in [3.63, 3.8) is 0 Å². The number of nitrogens with one attached hydrogen (secondary N) is 2. The molecule has 2 aromatic heterocycles. The predicted molar refractivity (Wildman–Crippen MR) is 174 cm³/mol. The zero-order chi connectivity index (χ0) is 34.6. The van der Waals surface area contributed by atoms with Crippen LogP contribution in [0.1, 0.15) is 56.4 Å². The first-order valence-corrected chi connectivity index (χ1v) is 15.8. The van der Waals surface area contributed by atoms with E-state index in [-0.39, 0.29) is 49.3 Å². The smallest absolute Gasteiger partial charge is 0.412 e. The van der Waals surface area contributed by atoms with Crippen LogP contribution in [0.15, 0.2) is 77.4 Å². The van der Waals surface area contributed by atoms with Gasteiger partial charge in [0.05, 0.1) is 18.9 Å². The number of anilines is 1. The zero-order valence-corrected chi connectivity index (χ0v) is 27.3. The molecule has 0 radical (unpaired) electrons. The molecule has 0 aromatic carbocycles. The van der Waals surface area contributed by atoms with Crippen LogP contribution in [-0.2, 0) is 25.5 Å². The number of oxazole rings is 1. The molecule has 14 nitrogen and oxygen atoms in total. The molecule has 0 saturated carbocycles. The van der Waals surface area contributed by atoms with Crippen LogP contribution in [0.3, 0.4) is 0 Å². The molecule has 5 atom stereocenters. The number of allylic oxidation sites excluding steroid dienone is 2. The van der Waals surface area contributed by atoms with Crippen molar-refractivity contribution in [2.75, 3.05) is 25.0 Å². The summed E-state index contributed by atoms with van der Waals surface area (Å²) in [5.74, 6) is -1.98. The van der Waals surface area contributed by atoms with E-state index in [4.69, 9.17) is 13.9 Å². The third-order valence-electron chi connectivity index (χ3n) is 7.84. The highest BCUT2D eigenvalue weighted by atomic mass is 16.6. The Morgan fingerprint density at radius 2 is 2.08 bits per heavy atom. The number of hydrogen-bond acceptors (Lipinski definition) is 11. The Morgan fingerprint density at radius 3 is 2.85 bits per heavy atom. The van der Waals surface area contributed by atoms with Gasteiger partial charge in [0.1, 0.15) is 18.4 Å². The number of aromatic nitrogens is 3. The first kappa shape index (κ1) is 35.7. The molecular formula is C34H42N6O8. The largest absolute Gasteiger partial charge is 0.460 e. The number of carbonyl (C=O) groups excluding carboxylic acids is 4. The summed E-state index contributed by atoms with van der Waals surface area (Å²) < 4.78 is 17.0. The number of amides is 3. The van der Waals surface area contributed by atoms with Crippen LogP contribution in [0, 0.1) is 11.8 Å². The minimum Gasteiger partial charge on any atom is -0.460 e. The lowest BCUT2D eigenvalue weighted by Crippen LogP contribution is -2.44. The lowest BCUT2D eigenvalue weighted by atomic mass is 9.93. The van der Waals surface area contributed by atoms with Crippen LogP contribution >= 0.6 is 0 Å². The average molecular weight is 663 g/mol. The van der Waals surface area contributed by atoms with Crippen molar-refractivity contribution in [3.8, 4) is 0 Å². The Kier molecular flexibility index (Phi) is 12.8. The quantitative estimate of drug-likeness (QED) is 0.321. The third kappa shape index (κ3) is 10.5. The van der Waals surface area contributed by atoms with Crippen LogP contribution in [0.4, 0.5) is 10.6 Å². The molecule has 1 saturated heterocycles. The SMILES string of the molecule is C=C1Cc2nc(co2)C(=O)N2CCC[C@@H]2C(=O)O[C@H]([C@H](C)COC(=O)Nc2cnccn2)[C@H](C)/C=C/C(=O)NC/C=C/C(C)=C/[C@@H](O)C1. The summed E-state index contributed by atoms with van der Waals surface area (Å²) in [5, 5.41) is 15.7. The Hall–Kier alpha value is -5.11. The molecule has 2 bridgehead atoms. The normalized spacial score (nSPS) is 26.2. The Morgan fingerprint density at radius 1 is 1.27 bits per heavy atom. The van der Waals surface area contributed by atoms with Gasteiger partial charge in [0.25, 0.3) is 5.91 Å². The topological polar surface area (TPSA) is 186 Å². The number of aliphatic hydroxyl groups excluding tert-OH is 1. The van der Waals surface area contributed by atoms with Crippen molar-refractivity contribution in [1.82, 2.24) is 25.2 Å². The first-order valence-electron chi connectivity index (χ1n) is 15.8. The predicted octanol–water partition coefficient (Wildman–Crippen LogP) is 3.54. The molecule has 3 amide bonds. The standard InChI is InChI=1S/C34H42N6O8/c1-21-7-5-11-37-29(42)10-9-23(3)31(24(4)19-47-34(45)39-28-18-35-12-13-36-28)48-33(44)27-8-6-14-40(27)32(43)26-20-46-30(38-26)17-22(2)16-25(41)15-21/h5,7,9-10,12-13,15,18,20,23-25,27,31,41H,2,6,8,11,14,16-17,19H2,1,3-4H3,(H,37,42)(H,36,39,45)/b7-5+,10-9+,21-15+/t23-,24-,25-,27-,31+/m1/s1. The maximum Gasteiger partial charge on any atom is 0.412 e. The minimum atomic E-state index is -0.874. The second kappa shape index (κ2) is 17.2. The first-order chi connectivity index (χ1) is 23.0. The third-order valence-corrected chi connectivity index (χ3v) is 7.84. The lowest BCUT2D eigenvalue weighted by Gasteiger charge is -2.30. The molecule has 2 aliphatic rings. The molecule has 48 heavy (non-hydrogen) atoms. The van der Waals surface area contributed by atoms with Crippen molar-refractivity contribution in [1.29, 1.82) is 0 Å². The van der Waals surface area contributed by atoms with Gasteiger partial charge in [-0.15, -0.1) is 0 Å². The summed E-state index contributed by atoms with van der Waals surface area (Å²) in [6.45, 7) is 9.81. The maximum atomic E-state index is 13.6. The van der Waals surface area contributed by atoms with Gasteiger partial charge in [0.2, 0.25) is 5.91 Å². The monoisotopic (exact) mass is 662 g/mol. The van der Waals surface area contributed by atoms with Crippen molar-refractivity contribution in [2.45, 2.75) is 64.7 Å². The van der Waals surface area contributed by atoms with Gasteiger partial charge in [-0.05, 0) is 32.3 Å². The van der Waals surface area contributed by atoms with Gasteiger partial charge in [-0.3, -0.25) is 19.9 Å². The number of esters is 1. The maximum absolute atomic E-state index is 13.6. The van der Waals surface area contributed by atoms with Gasteiger partial charge in [-0.25, -0.2) is 19.6 Å². The highest BCUT2D eigenvalue weighted by Gasteiger charge is 2.39. The van der Waals surface area contributed by atoms with Crippen molar-refractivity contribution in [3.05, 3.63) is 84.5 Å². The fraction of sp³-hybridized carbons (Fsp3) is 0.441. The summed E-state index contributed by atoms with van der Waals surface area (Å²) in [6.07, 6.45) is 12.7. The molecule has 14 heteroatoms. The number of nitrogens with zero attached hydrogens (tertiary/aromatic N) is 4. The zero-order valence-electron chi connectivity index (χ0n) is 27.3. The van der Waals surface area contributed by atoms with Crippen LogP contribution in [0.2, 0.25) is 0 Å². The number of ether oxygens (including phenoxy) is 2. The van der Waals surface area contributed by atoms with Crippen LogP contribution in [-0.4, -0.2) is 86.8 Å². The lowest BCUT2D eigenvalue weighted by molar-refractivity contribution is -0.159. The van der Waals surface area contributed by atoms with Crippen LogP contribution in [0.25, 0.3) is 0 Å².